The molecule has 0 radical (unpaired) electrons. The maximum atomic E-state index is 11.1. The monoisotopic (exact) mass is 1120 g/mol. The van der Waals surface area contributed by atoms with E-state index in [-0.39, 0.29) is 5.41 Å². The summed E-state index contributed by atoms with van der Waals surface area (Å²) < 4.78 is 0. The van der Waals surface area contributed by atoms with Gasteiger partial charge in [0.2, 0.25) is 0 Å². The molecule has 1 aliphatic rings. The zero-order valence-corrected chi connectivity index (χ0v) is 55.1. The number of hydrogen-bond donors (Lipinski definition) is 2. The fourth-order valence-corrected chi connectivity index (χ4v) is 15.1. The van der Waals surface area contributed by atoms with Gasteiger partial charge in [-0.3, -0.25) is 9.59 Å². The highest BCUT2D eigenvalue weighted by molar-refractivity contribution is 5.66. The van der Waals surface area contributed by atoms with Crippen LogP contribution in [-0.2, 0) is 9.59 Å². The summed E-state index contributed by atoms with van der Waals surface area (Å²) in [6.07, 6.45) is 94.6. The molecule has 2 N–H and O–H groups in total. The summed E-state index contributed by atoms with van der Waals surface area (Å²) in [6, 6.07) is 0. The van der Waals surface area contributed by atoms with Crippen LogP contribution in [0.4, 0.5) is 0 Å². The average Bonchev–Trinajstić information content (AvgIpc) is 3.66. The molecule has 4 nitrogen and oxygen atoms in total. The molecule has 0 heterocycles. The summed E-state index contributed by atoms with van der Waals surface area (Å²) in [7, 11) is 0. The second kappa shape index (κ2) is 59.4. The van der Waals surface area contributed by atoms with Crippen molar-refractivity contribution >= 4 is 11.9 Å². The van der Waals surface area contributed by atoms with Gasteiger partial charge in [-0.25, -0.2) is 0 Å². The first-order valence-electron chi connectivity index (χ1n) is 37.4. The van der Waals surface area contributed by atoms with Crippen molar-refractivity contribution in [3.8, 4) is 0 Å². The topological polar surface area (TPSA) is 74.6 Å². The predicted molar refractivity (Wildman–Crippen MR) is 355 cm³/mol. The van der Waals surface area contributed by atoms with Crippen molar-refractivity contribution in [1.29, 1.82) is 0 Å². The van der Waals surface area contributed by atoms with Gasteiger partial charge < -0.3 is 10.2 Å². The summed E-state index contributed by atoms with van der Waals surface area (Å²) in [5.74, 6) is -0.495. The van der Waals surface area contributed by atoms with Gasteiger partial charge >= 0.3 is 11.9 Å². The van der Waals surface area contributed by atoms with Gasteiger partial charge in [0, 0.05) is 12.8 Å². The minimum Gasteiger partial charge on any atom is -0.481 e. The highest BCUT2D eigenvalue weighted by Crippen LogP contribution is 2.61. The molecular formula is C76H146O4. The van der Waals surface area contributed by atoms with Crippen molar-refractivity contribution in [2.45, 2.75) is 445 Å². The quantitative estimate of drug-likeness (QED) is 0.0470. The summed E-state index contributed by atoms with van der Waals surface area (Å²) in [6.45, 7) is 7.06. The van der Waals surface area contributed by atoms with E-state index in [0.29, 0.717) is 18.3 Å². The minimum atomic E-state index is -0.645. The first-order chi connectivity index (χ1) is 39.4. The summed E-state index contributed by atoms with van der Waals surface area (Å²) in [5, 5.41) is 18.2. The Bertz CT molecular complexity index is 1270. The molecule has 1 rings (SSSR count). The smallest absolute Gasteiger partial charge is 0.303 e. The first-order valence-corrected chi connectivity index (χ1v) is 37.4. The number of carboxylic acid groups (broad SMARTS) is 2. The van der Waals surface area contributed by atoms with E-state index in [0.717, 1.165) is 31.6 Å². The van der Waals surface area contributed by atoms with Gasteiger partial charge in [-0.05, 0) is 75.0 Å². The standard InChI is InChI=1S/C76H146O4/c1-4-7-9-11-13-15-17-19-21-23-25-27-31-39-47-55-63-72-64-56-48-40-34-38-45-53-61-70-75(68-59-51-43-35-29-32-41-49-57-65-73(77)78,69-60-52-44-36-30-33-42-50-58-66-74(79)80)76(72,67-6-3)71-62-54-46-37-28-26-24-22-20-18-16-14-12-10-8-5-2/h6,67,72H,4-5,7-66,68-71H2,1-3H3,(H,77,78)(H,79,80). The van der Waals surface area contributed by atoms with E-state index in [1.165, 1.54) is 385 Å². The largest absolute Gasteiger partial charge is 0.481 e. The Morgan fingerprint density at radius 1 is 0.338 bits per heavy atom. The van der Waals surface area contributed by atoms with E-state index in [1.54, 1.807) is 0 Å². The SMILES string of the molecule is CC=CC1(CCCCCCCCCCCCCCCCCC)C(CCCCCCCCCCCCCCCCCC)CCCCCCCCCCC1(CCCCCCCCCCCC(=O)O)CCCCCCCCCCCC(=O)O. The number of carbonyl (C=O) groups is 2. The molecule has 0 spiro atoms. The van der Waals surface area contributed by atoms with Crippen molar-refractivity contribution in [3.63, 3.8) is 0 Å². The summed E-state index contributed by atoms with van der Waals surface area (Å²) in [4.78, 5) is 22.1. The Balaban J connectivity index is 3.28. The van der Waals surface area contributed by atoms with Crippen LogP contribution in [0.15, 0.2) is 12.2 Å². The van der Waals surface area contributed by atoms with Crippen molar-refractivity contribution < 1.29 is 19.8 Å². The summed E-state index contributed by atoms with van der Waals surface area (Å²) in [5.41, 5.74) is 0.657. The van der Waals surface area contributed by atoms with Crippen LogP contribution in [0.3, 0.4) is 0 Å². The maximum Gasteiger partial charge on any atom is 0.303 e. The van der Waals surface area contributed by atoms with Gasteiger partial charge in [0.1, 0.15) is 0 Å². The number of hydrogen-bond acceptors (Lipinski definition) is 2. The van der Waals surface area contributed by atoms with Gasteiger partial charge in [0.05, 0.1) is 0 Å². The van der Waals surface area contributed by atoms with E-state index in [2.05, 4.69) is 32.9 Å². The van der Waals surface area contributed by atoms with Crippen molar-refractivity contribution in [2.24, 2.45) is 16.7 Å². The lowest BCUT2D eigenvalue weighted by atomic mass is 9.49. The number of rotatable bonds is 59. The van der Waals surface area contributed by atoms with E-state index in [1.807, 2.05) is 0 Å². The molecule has 0 aromatic rings. The predicted octanol–water partition coefficient (Wildman–Crippen LogP) is 27.1. The lowest BCUT2D eigenvalue weighted by Crippen LogP contribution is -2.47. The molecule has 4 heteroatoms. The average molecular weight is 1120 g/mol. The molecule has 0 aliphatic heterocycles. The zero-order chi connectivity index (χ0) is 57.8. The van der Waals surface area contributed by atoms with Gasteiger partial charge in [-0.15, -0.1) is 0 Å². The molecule has 1 saturated carbocycles. The summed E-state index contributed by atoms with van der Waals surface area (Å²) >= 11 is 0. The fraction of sp³-hybridized carbons (Fsp3) is 0.947. The highest BCUT2D eigenvalue weighted by atomic mass is 16.4. The normalized spacial score (nSPS) is 17.4. The van der Waals surface area contributed by atoms with Crippen LogP contribution in [0.25, 0.3) is 0 Å². The van der Waals surface area contributed by atoms with Crippen LogP contribution in [0.5, 0.6) is 0 Å². The molecule has 0 aromatic carbocycles. The van der Waals surface area contributed by atoms with Crippen molar-refractivity contribution in [1.82, 2.24) is 0 Å². The molecular weight excluding hydrogens is 977 g/mol. The van der Waals surface area contributed by atoms with Crippen LogP contribution in [0.2, 0.25) is 0 Å². The molecule has 474 valence electrons. The van der Waals surface area contributed by atoms with Gasteiger partial charge in [-0.1, -0.05) is 386 Å². The molecule has 0 aromatic heterocycles. The van der Waals surface area contributed by atoms with E-state index in [4.69, 9.17) is 10.2 Å². The lowest BCUT2D eigenvalue weighted by Gasteiger charge is -2.56. The third-order valence-electron chi connectivity index (χ3n) is 20.1. The number of unbranched alkanes of at least 4 members (excludes halogenated alkanes) is 46. The first kappa shape index (κ1) is 76.7. The maximum absolute atomic E-state index is 11.1. The highest BCUT2D eigenvalue weighted by Gasteiger charge is 2.51. The lowest BCUT2D eigenvalue weighted by molar-refractivity contribution is -0.138. The molecule has 80 heavy (non-hydrogen) atoms. The second-order valence-electron chi connectivity index (χ2n) is 27.2. The Hall–Kier alpha value is -1.32. The number of aliphatic carboxylic acids is 2. The van der Waals surface area contributed by atoms with Crippen molar-refractivity contribution in [3.05, 3.63) is 12.2 Å². The Morgan fingerprint density at radius 3 is 0.912 bits per heavy atom. The van der Waals surface area contributed by atoms with Gasteiger partial charge in [0.25, 0.3) is 0 Å². The van der Waals surface area contributed by atoms with E-state index < -0.39 is 11.9 Å². The van der Waals surface area contributed by atoms with Crippen LogP contribution in [-0.4, -0.2) is 22.2 Å². The third kappa shape index (κ3) is 45.1. The molecule has 0 saturated heterocycles. The second-order valence-corrected chi connectivity index (χ2v) is 27.2. The molecule has 2 atom stereocenters. The third-order valence-corrected chi connectivity index (χ3v) is 20.1. The Labute approximate surface area is 502 Å². The minimum absolute atomic E-state index is 0.285. The Morgan fingerprint density at radius 2 is 0.600 bits per heavy atom. The van der Waals surface area contributed by atoms with Crippen LogP contribution in [0, 0.1) is 16.7 Å². The van der Waals surface area contributed by atoms with E-state index in [9.17, 15) is 9.59 Å². The van der Waals surface area contributed by atoms with Gasteiger partial charge in [-0.2, -0.15) is 0 Å². The zero-order valence-electron chi connectivity index (χ0n) is 55.1. The molecule has 0 bridgehead atoms. The molecule has 0 amide bonds. The number of allylic oxidation sites excluding steroid dienone is 2. The molecule has 1 aliphatic carbocycles. The van der Waals surface area contributed by atoms with Crippen LogP contribution in [0.1, 0.15) is 445 Å². The molecule has 1 fully saturated rings. The van der Waals surface area contributed by atoms with Crippen LogP contribution < -0.4 is 0 Å². The number of carboxylic acids is 2. The van der Waals surface area contributed by atoms with Crippen LogP contribution >= 0.6 is 0 Å². The van der Waals surface area contributed by atoms with E-state index >= 15 is 0 Å². The Kier molecular flexibility index (Phi) is 57.0. The fourth-order valence-electron chi connectivity index (χ4n) is 15.1. The van der Waals surface area contributed by atoms with Crippen molar-refractivity contribution in [2.75, 3.05) is 0 Å². The molecule has 2 unspecified atom stereocenters. The van der Waals surface area contributed by atoms with Gasteiger partial charge in [0.15, 0.2) is 0 Å².